The molecule has 1 aliphatic rings. The predicted octanol–water partition coefficient (Wildman–Crippen LogP) is 1.82. The number of rotatable bonds is 6. The number of nitrogens with one attached hydrogen (secondary N) is 2. The zero-order chi connectivity index (χ0) is 20.7. The van der Waals surface area contributed by atoms with Crippen molar-refractivity contribution < 1.29 is 4.79 Å². The fourth-order valence-corrected chi connectivity index (χ4v) is 4.10. The molecule has 2 aromatic heterocycles. The zero-order valence-electron chi connectivity index (χ0n) is 16.4. The minimum Gasteiger partial charge on any atom is -0.319 e. The fourth-order valence-electron chi connectivity index (χ4n) is 3.18. The lowest BCUT2D eigenvalue weighted by Crippen LogP contribution is -2.27. The maximum Gasteiger partial charge on any atom is 0.344 e. The van der Waals surface area contributed by atoms with Crippen LogP contribution in [0.5, 0.6) is 0 Å². The van der Waals surface area contributed by atoms with E-state index in [1.54, 1.807) is 30.1 Å². The molecule has 4 rings (SSSR count). The summed E-state index contributed by atoms with van der Waals surface area (Å²) in [4.78, 5) is 37.6. The van der Waals surface area contributed by atoms with Crippen LogP contribution >= 0.6 is 11.8 Å². The van der Waals surface area contributed by atoms with E-state index in [9.17, 15) is 14.4 Å². The second kappa shape index (κ2) is 7.43. The minimum absolute atomic E-state index is 0.161. The fraction of sp³-hybridized carbons (Fsp3) is 0.368. The maximum absolute atomic E-state index is 12.9. The van der Waals surface area contributed by atoms with Crippen molar-refractivity contribution in [3.05, 3.63) is 56.9 Å². The molecule has 0 aliphatic heterocycles. The van der Waals surface area contributed by atoms with E-state index >= 15 is 0 Å². The summed E-state index contributed by atoms with van der Waals surface area (Å²) in [5, 5.41) is 9.20. The van der Waals surface area contributed by atoms with Gasteiger partial charge in [-0.2, -0.15) is 0 Å². The molecule has 10 heteroatoms. The van der Waals surface area contributed by atoms with Gasteiger partial charge in [0.05, 0.1) is 16.6 Å². The van der Waals surface area contributed by atoms with Crippen molar-refractivity contribution in [2.75, 3.05) is 5.32 Å². The molecule has 3 aromatic rings. The molecule has 0 spiro atoms. The Bertz CT molecular complexity index is 1170. The Morgan fingerprint density at radius 2 is 1.97 bits per heavy atom. The molecule has 1 unspecified atom stereocenters. The van der Waals surface area contributed by atoms with Crippen LogP contribution in [0.3, 0.4) is 0 Å². The molecule has 2 N–H and O–H groups in total. The highest BCUT2D eigenvalue weighted by atomic mass is 32.2. The first kappa shape index (κ1) is 19.3. The van der Waals surface area contributed by atoms with Gasteiger partial charge >= 0.3 is 5.69 Å². The smallest absolute Gasteiger partial charge is 0.319 e. The van der Waals surface area contributed by atoms with Gasteiger partial charge < -0.3 is 5.32 Å². The number of hydrogen-bond donors (Lipinski definition) is 2. The number of aromatic nitrogens is 5. The third-order valence-electron chi connectivity index (χ3n) is 5.04. The Kier molecular flexibility index (Phi) is 4.95. The van der Waals surface area contributed by atoms with Gasteiger partial charge in [-0.15, -0.1) is 5.10 Å². The Morgan fingerprint density at radius 1 is 1.28 bits per heavy atom. The van der Waals surface area contributed by atoms with E-state index in [0.29, 0.717) is 10.9 Å². The molecule has 1 atom stereocenters. The molecule has 1 amide bonds. The van der Waals surface area contributed by atoms with Crippen LogP contribution in [0.4, 0.5) is 5.69 Å². The number of carbonyl (C=O) groups excluding carboxylic acids is 1. The lowest BCUT2D eigenvalue weighted by atomic mass is 10.3. The highest BCUT2D eigenvalue weighted by Crippen LogP contribution is 2.36. The van der Waals surface area contributed by atoms with E-state index in [1.807, 2.05) is 30.3 Å². The topological polar surface area (TPSA) is 107 Å². The Labute approximate surface area is 170 Å². The van der Waals surface area contributed by atoms with Crippen molar-refractivity contribution >= 4 is 23.4 Å². The highest BCUT2D eigenvalue weighted by molar-refractivity contribution is 8.00. The number of anilines is 1. The second-order valence-corrected chi connectivity index (χ2v) is 8.41. The standard InChI is InChI=1S/C19H22N6O3S/c1-11-15(17(27)25(23(11)3)14-7-5-4-6-8-14)20-16(26)12(2)29-19-22-21-18(28)24(19)13-9-10-13/h4-8,12-13H,9-10H2,1-3H3,(H,20,26)(H,21,28). The number of H-pyrrole nitrogens is 1. The summed E-state index contributed by atoms with van der Waals surface area (Å²) in [6.07, 6.45) is 1.88. The van der Waals surface area contributed by atoms with Crippen molar-refractivity contribution in [3.8, 4) is 5.69 Å². The van der Waals surface area contributed by atoms with Crippen LogP contribution in [-0.2, 0) is 11.8 Å². The van der Waals surface area contributed by atoms with Gasteiger partial charge in [-0.3, -0.25) is 18.8 Å². The lowest BCUT2D eigenvalue weighted by Gasteiger charge is -2.11. The summed E-state index contributed by atoms with van der Waals surface area (Å²) < 4.78 is 4.83. The first-order valence-electron chi connectivity index (χ1n) is 9.37. The third-order valence-corrected chi connectivity index (χ3v) is 6.10. The van der Waals surface area contributed by atoms with Crippen molar-refractivity contribution in [2.45, 2.75) is 43.1 Å². The van der Waals surface area contributed by atoms with Gasteiger partial charge in [-0.1, -0.05) is 30.0 Å². The monoisotopic (exact) mass is 414 g/mol. The van der Waals surface area contributed by atoms with E-state index in [-0.39, 0.29) is 28.9 Å². The molecule has 0 saturated heterocycles. The van der Waals surface area contributed by atoms with E-state index < -0.39 is 5.25 Å². The Hall–Kier alpha value is -3.01. The number of amides is 1. The van der Waals surface area contributed by atoms with Crippen molar-refractivity contribution in [2.24, 2.45) is 7.05 Å². The summed E-state index contributed by atoms with van der Waals surface area (Å²) in [5.74, 6) is -0.321. The van der Waals surface area contributed by atoms with E-state index in [4.69, 9.17) is 0 Å². The SMILES string of the molecule is Cc1c(NC(=O)C(C)Sc2n[nH]c(=O)n2C2CC2)c(=O)n(-c2ccccc2)n1C. The molecule has 29 heavy (non-hydrogen) atoms. The number of carbonyl (C=O) groups is 1. The van der Waals surface area contributed by atoms with Crippen LogP contribution in [-0.4, -0.2) is 35.3 Å². The molecule has 1 aliphatic carbocycles. The summed E-state index contributed by atoms with van der Waals surface area (Å²) in [6.45, 7) is 3.51. The van der Waals surface area contributed by atoms with Crippen LogP contribution in [0.15, 0.2) is 45.1 Å². The molecule has 1 aromatic carbocycles. The van der Waals surface area contributed by atoms with Crippen LogP contribution in [0.25, 0.3) is 5.69 Å². The van der Waals surface area contributed by atoms with Crippen LogP contribution < -0.4 is 16.6 Å². The minimum atomic E-state index is -0.535. The number of nitrogens with zero attached hydrogens (tertiary/aromatic N) is 4. The van der Waals surface area contributed by atoms with E-state index in [2.05, 4.69) is 15.5 Å². The summed E-state index contributed by atoms with van der Waals surface area (Å²) in [6, 6.07) is 9.41. The second-order valence-electron chi connectivity index (χ2n) is 7.10. The van der Waals surface area contributed by atoms with Gasteiger partial charge in [0.1, 0.15) is 5.69 Å². The quantitative estimate of drug-likeness (QED) is 0.599. The van der Waals surface area contributed by atoms with Crippen molar-refractivity contribution in [1.82, 2.24) is 24.1 Å². The molecule has 9 nitrogen and oxygen atoms in total. The van der Waals surface area contributed by atoms with E-state index in [1.165, 1.54) is 16.4 Å². The van der Waals surface area contributed by atoms with Gasteiger partial charge in [0.15, 0.2) is 5.16 Å². The lowest BCUT2D eigenvalue weighted by molar-refractivity contribution is -0.115. The predicted molar refractivity (Wildman–Crippen MR) is 111 cm³/mol. The van der Waals surface area contributed by atoms with Gasteiger partial charge in [-0.25, -0.2) is 14.6 Å². The van der Waals surface area contributed by atoms with Gasteiger partial charge in [0, 0.05) is 13.1 Å². The number of aromatic amines is 1. The molecule has 1 fully saturated rings. The first-order chi connectivity index (χ1) is 13.9. The zero-order valence-corrected chi connectivity index (χ0v) is 17.2. The summed E-state index contributed by atoms with van der Waals surface area (Å²) in [5.41, 5.74) is 1.06. The molecule has 0 bridgehead atoms. The van der Waals surface area contributed by atoms with Gasteiger partial charge in [-0.05, 0) is 38.8 Å². The third kappa shape index (κ3) is 3.55. The van der Waals surface area contributed by atoms with Gasteiger partial charge in [0.25, 0.3) is 5.56 Å². The van der Waals surface area contributed by atoms with Crippen LogP contribution in [0.2, 0.25) is 0 Å². The molecule has 2 heterocycles. The molecular weight excluding hydrogens is 392 g/mol. The number of thioether (sulfide) groups is 1. The molecular formula is C19H22N6O3S. The van der Waals surface area contributed by atoms with Crippen LogP contribution in [0, 0.1) is 6.92 Å². The Morgan fingerprint density at radius 3 is 2.62 bits per heavy atom. The number of benzene rings is 1. The van der Waals surface area contributed by atoms with Crippen molar-refractivity contribution in [3.63, 3.8) is 0 Å². The summed E-state index contributed by atoms with van der Waals surface area (Å²) in [7, 11) is 1.77. The Balaban J connectivity index is 1.56. The average Bonchev–Trinajstić information content (AvgIpc) is 3.45. The number of hydrogen-bond acceptors (Lipinski definition) is 5. The highest BCUT2D eigenvalue weighted by Gasteiger charge is 2.30. The van der Waals surface area contributed by atoms with Gasteiger partial charge in [0.2, 0.25) is 5.91 Å². The maximum atomic E-state index is 12.9. The number of para-hydroxylation sites is 1. The molecule has 152 valence electrons. The normalized spacial score (nSPS) is 14.7. The van der Waals surface area contributed by atoms with Crippen molar-refractivity contribution in [1.29, 1.82) is 0 Å². The average molecular weight is 414 g/mol. The molecule has 1 saturated carbocycles. The largest absolute Gasteiger partial charge is 0.344 e. The summed E-state index contributed by atoms with van der Waals surface area (Å²) >= 11 is 1.20. The first-order valence-corrected chi connectivity index (χ1v) is 10.2. The van der Waals surface area contributed by atoms with E-state index in [0.717, 1.165) is 18.5 Å². The van der Waals surface area contributed by atoms with Crippen LogP contribution in [0.1, 0.15) is 31.5 Å². The molecule has 0 radical (unpaired) electrons.